The van der Waals surface area contributed by atoms with Gasteiger partial charge in [0.05, 0.1) is 35.3 Å². The van der Waals surface area contributed by atoms with Crippen molar-refractivity contribution in [3.63, 3.8) is 0 Å². The summed E-state index contributed by atoms with van der Waals surface area (Å²) < 4.78 is 34.5. The molecule has 4 aromatic rings. The van der Waals surface area contributed by atoms with Crippen LogP contribution in [-0.4, -0.2) is 27.6 Å². The molecule has 0 amide bonds. The van der Waals surface area contributed by atoms with Crippen LogP contribution in [0.4, 0.5) is 14.5 Å². The minimum Gasteiger partial charge on any atom is -0.464 e. The van der Waals surface area contributed by atoms with E-state index in [9.17, 15) is 18.4 Å². The van der Waals surface area contributed by atoms with Crippen LogP contribution in [-0.2, 0) is 11.8 Å². The van der Waals surface area contributed by atoms with Crippen molar-refractivity contribution < 1.29 is 18.3 Å². The number of aromatic nitrogens is 3. The molecule has 180 valence electrons. The molecule has 0 saturated heterocycles. The molecule has 0 aliphatic heterocycles. The number of nitrogens with one attached hydrogen (secondary N) is 1. The van der Waals surface area contributed by atoms with Gasteiger partial charge in [0, 0.05) is 12.6 Å². The second-order valence-electron chi connectivity index (χ2n) is 8.04. The van der Waals surface area contributed by atoms with Gasteiger partial charge in [0.15, 0.2) is 17.3 Å². The molecule has 0 bridgehead atoms. The molecule has 0 aliphatic carbocycles. The second kappa shape index (κ2) is 9.42. The Morgan fingerprint density at radius 2 is 1.91 bits per heavy atom. The summed E-state index contributed by atoms with van der Waals surface area (Å²) in [5, 5.41) is 3.64. The SMILES string of the molecule is COC(=O)c1nc(Cl)ccc1N[C@H](C)c1cc(C)cc2c(=O)n(C)c(-c3cccc(F)c3F)nc12. The maximum Gasteiger partial charge on any atom is 0.358 e. The Bertz CT molecular complexity index is 1540. The van der Waals surface area contributed by atoms with Gasteiger partial charge >= 0.3 is 5.97 Å². The fourth-order valence-electron chi connectivity index (χ4n) is 3.91. The number of fused-ring (bicyclic) bond motifs is 1. The van der Waals surface area contributed by atoms with Gasteiger partial charge in [-0.05, 0) is 49.7 Å². The molecule has 35 heavy (non-hydrogen) atoms. The van der Waals surface area contributed by atoms with Gasteiger partial charge in [-0.25, -0.2) is 23.5 Å². The zero-order valence-corrected chi connectivity index (χ0v) is 20.1. The van der Waals surface area contributed by atoms with Crippen molar-refractivity contribution in [1.82, 2.24) is 14.5 Å². The Kier molecular flexibility index (Phi) is 6.53. The van der Waals surface area contributed by atoms with Crippen LogP contribution in [0.2, 0.25) is 5.15 Å². The molecule has 1 N–H and O–H groups in total. The monoisotopic (exact) mass is 498 g/mol. The zero-order chi connectivity index (χ0) is 25.4. The molecule has 0 spiro atoms. The van der Waals surface area contributed by atoms with Gasteiger partial charge in [0.1, 0.15) is 11.0 Å². The molecule has 0 aliphatic rings. The largest absolute Gasteiger partial charge is 0.464 e. The van der Waals surface area contributed by atoms with Gasteiger partial charge in [-0.3, -0.25) is 9.36 Å². The highest BCUT2D eigenvalue weighted by molar-refractivity contribution is 6.29. The van der Waals surface area contributed by atoms with E-state index in [0.717, 1.165) is 11.6 Å². The van der Waals surface area contributed by atoms with Gasteiger partial charge in [-0.15, -0.1) is 0 Å². The van der Waals surface area contributed by atoms with Crippen LogP contribution in [0.1, 0.15) is 34.6 Å². The number of carbonyl (C=O) groups excluding carboxylic acids is 1. The number of nitrogens with zero attached hydrogens (tertiary/aromatic N) is 3. The summed E-state index contributed by atoms with van der Waals surface area (Å²) in [5.41, 5.74) is 1.55. The van der Waals surface area contributed by atoms with Crippen LogP contribution < -0.4 is 10.9 Å². The molecule has 1 atom stereocenters. The summed E-state index contributed by atoms with van der Waals surface area (Å²) in [6.45, 7) is 3.64. The number of hydrogen-bond acceptors (Lipinski definition) is 6. The van der Waals surface area contributed by atoms with E-state index in [0.29, 0.717) is 22.2 Å². The Balaban J connectivity index is 1.90. The van der Waals surface area contributed by atoms with E-state index in [1.807, 2.05) is 19.9 Å². The fraction of sp³-hybridized carbons (Fsp3) is 0.200. The quantitative estimate of drug-likeness (QED) is 0.301. The number of halogens is 3. The average molecular weight is 499 g/mol. The lowest BCUT2D eigenvalue weighted by Crippen LogP contribution is -2.22. The van der Waals surface area contributed by atoms with Crippen molar-refractivity contribution in [2.75, 3.05) is 12.4 Å². The lowest BCUT2D eigenvalue weighted by Gasteiger charge is -2.20. The molecule has 0 radical (unpaired) electrons. The predicted octanol–water partition coefficient (Wildman–Crippen LogP) is 5.20. The van der Waals surface area contributed by atoms with Crippen LogP contribution in [0, 0.1) is 18.6 Å². The first-order chi connectivity index (χ1) is 16.6. The van der Waals surface area contributed by atoms with Crippen molar-refractivity contribution in [3.05, 3.63) is 86.4 Å². The Labute approximate surface area is 204 Å². The smallest absolute Gasteiger partial charge is 0.358 e. The number of methoxy groups -OCH3 is 1. The van der Waals surface area contributed by atoms with Crippen molar-refractivity contribution in [3.8, 4) is 11.4 Å². The van der Waals surface area contributed by atoms with Gasteiger partial charge in [-0.1, -0.05) is 23.7 Å². The molecule has 2 aromatic carbocycles. The minimum atomic E-state index is -1.09. The number of pyridine rings is 1. The van der Waals surface area contributed by atoms with Gasteiger partial charge < -0.3 is 10.1 Å². The third-order valence-corrected chi connectivity index (χ3v) is 5.84. The lowest BCUT2D eigenvalue weighted by molar-refractivity contribution is 0.0595. The number of ether oxygens (including phenoxy) is 1. The third-order valence-electron chi connectivity index (χ3n) is 5.63. The third kappa shape index (κ3) is 4.46. The Morgan fingerprint density at radius 3 is 2.63 bits per heavy atom. The lowest BCUT2D eigenvalue weighted by atomic mass is 10.0. The van der Waals surface area contributed by atoms with Crippen LogP contribution in [0.25, 0.3) is 22.3 Å². The molecular weight excluding hydrogens is 478 g/mol. The van der Waals surface area contributed by atoms with Gasteiger partial charge in [0.2, 0.25) is 0 Å². The summed E-state index contributed by atoms with van der Waals surface area (Å²) in [4.78, 5) is 34.1. The summed E-state index contributed by atoms with van der Waals surface area (Å²) in [6, 6.07) is 9.88. The molecule has 0 unspecified atom stereocenters. The maximum absolute atomic E-state index is 14.6. The summed E-state index contributed by atoms with van der Waals surface area (Å²) in [5.74, 6) is -2.82. The number of esters is 1. The molecule has 0 fully saturated rings. The molecule has 10 heteroatoms. The minimum absolute atomic E-state index is 0.00444. The number of rotatable bonds is 5. The van der Waals surface area contributed by atoms with E-state index >= 15 is 0 Å². The number of anilines is 1. The molecule has 2 aromatic heterocycles. The molecule has 2 heterocycles. The predicted molar refractivity (Wildman–Crippen MR) is 130 cm³/mol. The van der Waals surface area contributed by atoms with Crippen LogP contribution in [0.15, 0.2) is 47.3 Å². The normalized spacial score (nSPS) is 12.0. The van der Waals surface area contributed by atoms with Crippen molar-refractivity contribution in [2.45, 2.75) is 19.9 Å². The standard InChI is InChI=1S/C25H21ClF2N4O3/c1-12-10-15(13(2)29-18-8-9-19(26)30-22(18)25(34)35-4)21-16(11-12)24(33)32(3)23(31-21)14-6-5-7-17(27)20(14)28/h5-11,13,29H,1-4H3/t13-/m1/s1. The van der Waals surface area contributed by atoms with Crippen molar-refractivity contribution in [2.24, 2.45) is 7.05 Å². The number of carbonyl (C=O) groups is 1. The van der Waals surface area contributed by atoms with Crippen LogP contribution in [0.5, 0.6) is 0 Å². The highest BCUT2D eigenvalue weighted by atomic mass is 35.5. The van der Waals surface area contributed by atoms with E-state index < -0.39 is 29.2 Å². The van der Waals surface area contributed by atoms with Crippen molar-refractivity contribution in [1.29, 1.82) is 0 Å². The number of aryl methyl sites for hydroxylation is 1. The highest BCUT2D eigenvalue weighted by Gasteiger charge is 2.22. The van der Waals surface area contributed by atoms with Crippen LogP contribution in [0.3, 0.4) is 0 Å². The van der Waals surface area contributed by atoms with E-state index in [4.69, 9.17) is 16.3 Å². The number of benzene rings is 2. The molecule has 7 nitrogen and oxygen atoms in total. The van der Waals surface area contributed by atoms with E-state index in [1.165, 1.54) is 36.9 Å². The molecule has 4 rings (SSSR count). The first-order valence-corrected chi connectivity index (χ1v) is 11.0. The molecule has 0 saturated carbocycles. The number of hydrogen-bond donors (Lipinski definition) is 1. The first-order valence-electron chi connectivity index (χ1n) is 10.6. The summed E-state index contributed by atoms with van der Waals surface area (Å²) in [7, 11) is 2.69. The maximum atomic E-state index is 14.6. The second-order valence-corrected chi connectivity index (χ2v) is 8.43. The van der Waals surface area contributed by atoms with Gasteiger partial charge in [0.25, 0.3) is 5.56 Å². The molecular formula is C25H21ClF2N4O3. The van der Waals surface area contributed by atoms with E-state index in [-0.39, 0.29) is 22.2 Å². The first kappa shape index (κ1) is 24.3. The van der Waals surface area contributed by atoms with Crippen molar-refractivity contribution >= 4 is 34.2 Å². The highest BCUT2D eigenvalue weighted by Crippen LogP contribution is 2.30. The summed E-state index contributed by atoms with van der Waals surface area (Å²) >= 11 is 5.95. The van der Waals surface area contributed by atoms with Gasteiger partial charge in [-0.2, -0.15) is 0 Å². The topological polar surface area (TPSA) is 86.1 Å². The van der Waals surface area contributed by atoms with Crippen LogP contribution >= 0.6 is 11.6 Å². The zero-order valence-electron chi connectivity index (χ0n) is 19.3. The Morgan fingerprint density at radius 1 is 1.17 bits per heavy atom. The fourth-order valence-corrected chi connectivity index (χ4v) is 4.06. The van der Waals surface area contributed by atoms with E-state index in [1.54, 1.807) is 12.1 Å². The van der Waals surface area contributed by atoms with E-state index in [2.05, 4.69) is 15.3 Å². The summed E-state index contributed by atoms with van der Waals surface area (Å²) in [6.07, 6.45) is 0. The Hall–Kier alpha value is -3.85. The average Bonchev–Trinajstić information content (AvgIpc) is 2.83.